The standard InChI is InChI=1S/C22H34N2O/c1-16-6-5-7-19(12-16)22(3,4)23-17(2)13-18-14-24(15-18)20-8-10-21(25)11-9-20/h5-7,12,18,20-21,23,25H,2,8-11,13-15H2,1,3-4H3. The lowest BCUT2D eigenvalue weighted by atomic mass is 9.86. The van der Waals surface area contributed by atoms with Crippen LogP contribution in [0, 0.1) is 12.8 Å². The molecule has 3 nitrogen and oxygen atoms in total. The van der Waals surface area contributed by atoms with Gasteiger partial charge in [0.15, 0.2) is 0 Å². The molecule has 2 fully saturated rings. The topological polar surface area (TPSA) is 35.5 Å². The first-order valence-electron chi connectivity index (χ1n) is 9.79. The summed E-state index contributed by atoms with van der Waals surface area (Å²) in [6.45, 7) is 13.3. The van der Waals surface area contributed by atoms with Crippen LogP contribution in [0.4, 0.5) is 0 Å². The number of rotatable bonds is 6. The molecule has 0 spiro atoms. The number of aliphatic hydroxyl groups excluding tert-OH is 1. The number of aryl methyl sites for hydroxylation is 1. The summed E-state index contributed by atoms with van der Waals surface area (Å²) in [5.74, 6) is 0.722. The minimum absolute atomic E-state index is 0.0545. The van der Waals surface area contributed by atoms with Crippen LogP contribution in [-0.4, -0.2) is 35.2 Å². The lowest BCUT2D eigenvalue weighted by molar-refractivity contribution is 0.00970. The molecule has 3 rings (SSSR count). The molecular weight excluding hydrogens is 308 g/mol. The molecule has 1 saturated heterocycles. The minimum Gasteiger partial charge on any atom is -0.393 e. The maximum atomic E-state index is 9.65. The van der Waals surface area contributed by atoms with Crippen LogP contribution in [0.2, 0.25) is 0 Å². The fourth-order valence-electron chi connectivity index (χ4n) is 4.41. The van der Waals surface area contributed by atoms with E-state index in [9.17, 15) is 5.11 Å². The van der Waals surface area contributed by atoms with Crippen LogP contribution in [0.5, 0.6) is 0 Å². The largest absolute Gasteiger partial charge is 0.393 e. The van der Waals surface area contributed by atoms with Gasteiger partial charge in [0.25, 0.3) is 0 Å². The molecule has 1 aliphatic heterocycles. The molecule has 0 aromatic heterocycles. The van der Waals surface area contributed by atoms with E-state index < -0.39 is 0 Å². The predicted octanol–water partition coefficient (Wildman–Crippen LogP) is 3.96. The lowest BCUT2D eigenvalue weighted by Crippen LogP contribution is -2.53. The van der Waals surface area contributed by atoms with Crippen molar-refractivity contribution in [3.05, 3.63) is 47.7 Å². The average Bonchev–Trinajstić information content (AvgIpc) is 2.51. The molecule has 138 valence electrons. The lowest BCUT2D eigenvalue weighted by Gasteiger charge is -2.47. The highest BCUT2D eigenvalue weighted by atomic mass is 16.3. The van der Waals surface area contributed by atoms with Crippen LogP contribution in [0.15, 0.2) is 36.5 Å². The number of nitrogens with one attached hydrogen (secondary N) is 1. The Morgan fingerprint density at radius 3 is 2.56 bits per heavy atom. The van der Waals surface area contributed by atoms with Gasteiger partial charge >= 0.3 is 0 Å². The van der Waals surface area contributed by atoms with Crippen molar-refractivity contribution < 1.29 is 5.11 Å². The van der Waals surface area contributed by atoms with E-state index in [-0.39, 0.29) is 11.6 Å². The molecular formula is C22H34N2O. The van der Waals surface area contributed by atoms with E-state index in [0.29, 0.717) is 6.04 Å². The van der Waals surface area contributed by atoms with E-state index >= 15 is 0 Å². The van der Waals surface area contributed by atoms with Crippen molar-refractivity contribution in [1.29, 1.82) is 0 Å². The first-order valence-corrected chi connectivity index (χ1v) is 9.79. The van der Waals surface area contributed by atoms with Gasteiger partial charge in [0.05, 0.1) is 11.6 Å². The minimum atomic E-state index is -0.0912. The molecule has 1 aromatic carbocycles. The van der Waals surface area contributed by atoms with Gasteiger partial charge in [-0.3, -0.25) is 4.90 Å². The normalized spacial score (nSPS) is 25.4. The van der Waals surface area contributed by atoms with E-state index in [4.69, 9.17) is 0 Å². The number of aliphatic hydroxyl groups is 1. The Balaban J connectivity index is 1.44. The zero-order valence-corrected chi connectivity index (χ0v) is 16.1. The second-order valence-electron chi connectivity index (χ2n) is 8.71. The van der Waals surface area contributed by atoms with Crippen LogP contribution in [-0.2, 0) is 5.54 Å². The Kier molecular flexibility index (Phi) is 5.55. The van der Waals surface area contributed by atoms with Gasteiger partial charge in [-0.25, -0.2) is 0 Å². The van der Waals surface area contributed by atoms with E-state index in [1.54, 1.807) is 0 Å². The number of likely N-dealkylation sites (tertiary alicyclic amines) is 1. The molecule has 3 heteroatoms. The van der Waals surface area contributed by atoms with Gasteiger partial charge in [-0.15, -0.1) is 0 Å². The Morgan fingerprint density at radius 1 is 1.24 bits per heavy atom. The summed E-state index contributed by atoms with van der Waals surface area (Å²) in [6.07, 6.45) is 5.28. The summed E-state index contributed by atoms with van der Waals surface area (Å²) in [7, 11) is 0. The third-order valence-corrected chi connectivity index (χ3v) is 5.93. The Labute approximate surface area is 153 Å². The third-order valence-electron chi connectivity index (χ3n) is 5.93. The van der Waals surface area contributed by atoms with Gasteiger partial charge in [0.2, 0.25) is 0 Å². The highest BCUT2D eigenvalue weighted by Crippen LogP contribution is 2.31. The SMILES string of the molecule is C=C(CC1CN(C2CCC(O)CC2)C1)NC(C)(C)c1cccc(C)c1. The van der Waals surface area contributed by atoms with E-state index in [0.717, 1.165) is 43.7 Å². The van der Waals surface area contributed by atoms with E-state index in [1.165, 1.54) is 24.2 Å². The summed E-state index contributed by atoms with van der Waals surface area (Å²) in [4.78, 5) is 2.61. The number of benzene rings is 1. The maximum absolute atomic E-state index is 9.65. The van der Waals surface area contributed by atoms with Crippen LogP contribution in [0.1, 0.15) is 57.1 Å². The molecule has 0 bridgehead atoms. The van der Waals surface area contributed by atoms with Crippen molar-refractivity contribution in [2.75, 3.05) is 13.1 Å². The maximum Gasteiger partial charge on any atom is 0.0566 e. The second kappa shape index (κ2) is 7.51. The van der Waals surface area contributed by atoms with Crippen molar-refractivity contribution in [2.45, 2.75) is 70.6 Å². The van der Waals surface area contributed by atoms with Gasteiger partial charge in [-0.1, -0.05) is 36.4 Å². The summed E-state index contributed by atoms with van der Waals surface area (Å²) >= 11 is 0. The van der Waals surface area contributed by atoms with Crippen molar-refractivity contribution in [2.24, 2.45) is 5.92 Å². The highest BCUT2D eigenvalue weighted by molar-refractivity contribution is 5.28. The third kappa shape index (κ3) is 4.65. The molecule has 0 radical (unpaired) electrons. The predicted molar refractivity (Wildman–Crippen MR) is 104 cm³/mol. The quantitative estimate of drug-likeness (QED) is 0.821. The van der Waals surface area contributed by atoms with Gasteiger partial charge in [0.1, 0.15) is 0 Å². The Bertz CT molecular complexity index is 596. The van der Waals surface area contributed by atoms with Crippen molar-refractivity contribution in [3.63, 3.8) is 0 Å². The molecule has 2 N–H and O–H groups in total. The van der Waals surface area contributed by atoms with E-state index in [2.05, 4.69) is 61.8 Å². The Hall–Kier alpha value is -1.32. The number of hydrogen-bond donors (Lipinski definition) is 2. The Morgan fingerprint density at radius 2 is 1.92 bits per heavy atom. The molecule has 1 aliphatic carbocycles. The summed E-state index contributed by atoms with van der Waals surface area (Å²) in [6, 6.07) is 9.41. The monoisotopic (exact) mass is 342 g/mol. The number of nitrogens with zero attached hydrogens (tertiary/aromatic N) is 1. The van der Waals surface area contributed by atoms with Crippen molar-refractivity contribution in [1.82, 2.24) is 10.2 Å². The molecule has 0 unspecified atom stereocenters. The fraction of sp³-hybridized carbons (Fsp3) is 0.636. The summed E-state index contributed by atoms with van der Waals surface area (Å²) < 4.78 is 0. The molecule has 0 atom stereocenters. The van der Waals surface area contributed by atoms with Gasteiger partial charge in [-0.05, 0) is 64.4 Å². The van der Waals surface area contributed by atoms with E-state index in [1.807, 2.05) is 0 Å². The van der Waals surface area contributed by atoms with Crippen LogP contribution < -0.4 is 5.32 Å². The zero-order chi connectivity index (χ0) is 18.0. The first kappa shape index (κ1) is 18.5. The van der Waals surface area contributed by atoms with Crippen molar-refractivity contribution >= 4 is 0 Å². The highest BCUT2D eigenvalue weighted by Gasteiger charge is 2.34. The average molecular weight is 343 g/mol. The van der Waals surface area contributed by atoms with Crippen molar-refractivity contribution in [3.8, 4) is 0 Å². The van der Waals surface area contributed by atoms with Gasteiger partial charge in [-0.2, -0.15) is 0 Å². The fourth-order valence-corrected chi connectivity index (χ4v) is 4.41. The molecule has 2 aliphatic rings. The zero-order valence-electron chi connectivity index (χ0n) is 16.1. The van der Waals surface area contributed by atoms with Crippen LogP contribution in [0.25, 0.3) is 0 Å². The van der Waals surface area contributed by atoms with Gasteiger partial charge in [0, 0.05) is 24.8 Å². The molecule has 1 aromatic rings. The second-order valence-corrected chi connectivity index (χ2v) is 8.71. The number of allylic oxidation sites excluding steroid dienone is 1. The molecule has 1 heterocycles. The van der Waals surface area contributed by atoms with Crippen LogP contribution in [0.3, 0.4) is 0 Å². The molecule has 0 amide bonds. The smallest absolute Gasteiger partial charge is 0.0566 e. The first-order chi connectivity index (χ1) is 11.8. The molecule has 1 saturated carbocycles. The summed E-state index contributed by atoms with van der Waals surface area (Å²) in [5.41, 5.74) is 3.66. The number of hydrogen-bond acceptors (Lipinski definition) is 3. The van der Waals surface area contributed by atoms with Gasteiger partial charge < -0.3 is 10.4 Å². The summed E-state index contributed by atoms with van der Waals surface area (Å²) in [5, 5.41) is 13.3. The molecule has 25 heavy (non-hydrogen) atoms. The van der Waals surface area contributed by atoms with Crippen LogP contribution >= 0.6 is 0 Å².